The van der Waals surface area contributed by atoms with Gasteiger partial charge in [-0.15, -0.1) is 0 Å². The normalized spacial score (nSPS) is 11.4. The number of halogens is 1. The Hall–Kier alpha value is -1.21. The molecular formula is C17H20IN3S. The van der Waals surface area contributed by atoms with Crippen LogP contribution in [-0.4, -0.2) is 38.3 Å². The predicted molar refractivity (Wildman–Crippen MR) is 107 cm³/mol. The zero-order chi connectivity index (χ0) is 16.1. The largest absolute Gasteiger partial charge is 0.378 e. The van der Waals surface area contributed by atoms with Crippen LogP contribution in [0.3, 0.4) is 0 Å². The number of rotatable bonds is 3. The van der Waals surface area contributed by atoms with Crippen LogP contribution in [0.4, 0.5) is 11.4 Å². The summed E-state index contributed by atoms with van der Waals surface area (Å²) in [5.74, 6) is 0. The fourth-order valence-corrected chi connectivity index (χ4v) is 3.57. The lowest BCUT2D eigenvalue weighted by Crippen LogP contribution is -2.18. The van der Waals surface area contributed by atoms with Crippen LogP contribution in [0.15, 0.2) is 58.4 Å². The van der Waals surface area contributed by atoms with Crippen LogP contribution in [0.5, 0.6) is 0 Å². The molecule has 2 aromatic carbocycles. The van der Waals surface area contributed by atoms with E-state index in [0.29, 0.717) is 0 Å². The summed E-state index contributed by atoms with van der Waals surface area (Å²) in [6.07, 6.45) is 0. The number of benzene rings is 2. The van der Waals surface area contributed by atoms with Crippen molar-refractivity contribution in [1.82, 2.24) is 4.90 Å². The minimum Gasteiger partial charge on any atom is -0.378 e. The molecule has 3 nitrogen and oxygen atoms in total. The van der Waals surface area contributed by atoms with Crippen LogP contribution in [-0.2, 0) is 0 Å². The van der Waals surface area contributed by atoms with Crippen molar-refractivity contribution in [2.24, 2.45) is 4.99 Å². The molecule has 0 atom stereocenters. The minimum atomic E-state index is 0.970. The van der Waals surface area contributed by atoms with E-state index in [0.717, 1.165) is 10.9 Å². The summed E-state index contributed by atoms with van der Waals surface area (Å²) >= 11 is 4.04. The molecule has 2 rings (SSSR count). The van der Waals surface area contributed by atoms with Gasteiger partial charge in [0.1, 0.15) is 0 Å². The third-order valence-electron chi connectivity index (χ3n) is 2.95. The van der Waals surface area contributed by atoms with E-state index in [-0.39, 0.29) is 0 Å². The third-order valence-corrected chi connectivity index (χ3v) is 4.68. The lowest BCUT2D eigenvalue weighted by molar-refractivity contribution is 0.636. The quantitative estimate of drug-likeness (QED) is 0.308. The van der Waals surface area contributed by atoms with E-state index in [9.17, 15) is 0 Å². The van der Waals surface area contributed by atoms with Crippen molar-refractivity contribution >= 4 is 50.9 Å². The van der Waals surface area contributed by atoms with Gasteiger partial charge in [0.2, 0.25) is 0 Å². The molecule has 0 amide bonds. The van der Waals surface area contributed by atoms with Gasteiger partial charge in [0.15, 0.2) is 5.17 Å². The zero-order valence-electron chi connectivity index (χ0n) is 13.2. The maximum absolute atomic E-state index is 4.75. The van der Waals surface area contributed by atoms with Gasteiger partial charge in [0.25, 0.3) is 0 Å². The Morgan fingerprint density at radius 2 is 1.68 bits per heavy atom. The topological polar surface area (TPSA) is 18.8 Å². The van der Waals surface area contributed by atoms with Crippen molar-refractivity contribution in [1.29, 1.82) is 0 Å². The fraction of sp³-hybridized carbons (Fsp3) is 0.235. The van der Waals surface area contributed by atoms with Gasteiger partial charge >= 0.3 is 0 Å². The van der Waals surface area contributed by atoms with E-state index >= 15 is 0 Å². The van der Waals surface area contributed by atoms with Gasteiger partial charge in [0, 0.05) is 42.3 Å². The summed E-state index contributed by atoms with van der Waals surface area (Å²) in [6.45, 7) is 0. The summed E-state index contributed by atoms with van der Waals surface area (Å²) < 4.78 is 1.23. The molecule has 2 aromatic rings. The van der Waals surface area contributed by atoms with Crippen LogP contribution < -0.4 is 4.90 Å². The van der Waals surface area contributed by atoms with Crippen molar-refractivity contribution in [3.63, 3.8) is 0 Å². The lowest BCUT2D eigenvalue weighted by atomic mass is 10.3. The highest BCUT2D eigenvalue weighted by molar-refractivity contribution is 14.1. The summed E-state index contributed by atoms with van der Waals surface area (Å²) in [7, 11) is 8.17. The Morgan fingerprint density at radius 3 is 2.27 bits per heavy atom. The van der Waals surface area contributed by atoms with Gasteiger partial charge in [-0.1, -0.05) is 30.0 Å². The average Bonchev–Trinajstić information content (AvgIpc) is 2.47. The van der Waals surface area contributed by atoms with Crippen LogP contribution in [0.2, 0.25) is 0 Å². The maximum atomic E-state index is 4.75. The van der Waals surface area contributed by atoms with Gasteiger partial charge in [0.05, 0.1) is 5.69 Å². The molecular weight excluding hydrogens is 405 g/mol. The first-order chi connectivity index (χ1) is 10.5. The number of hydrogen-bond acceptors (Lipinski definition) is 3. The zero-order valence-corrected chi connectivity index (χ0v) is 16.2. The highest BCUT2D eigenvalue weighted by Gasteiger charge is 2.08. The first-order valence-electron chi connectivity index (χ1n) is 6.92. The highest BCUT2D eigenvalue weighted by atomic mass is 127. The van der Waals surface area contributed by atoms with Gasteiger partial charge in [-0.3, -0.25) is 0 Å². The van der Waals surface area contributed by atoms with Crippen molar-refractivity contribution in [2.75, 3.05) is 33.1 Å². The highest BCUT2D eigenvalue weighted by Crippen LogP contribution is 2.29. The number of thioether (sulfide) groups is 1. The van der Waals surface area contributed by atoms with E-state index in [4.69, 9.17) is 4.99 Å². The van der Waals surface area contributed by atoms with Crippen molar-refractivity contribution in [3.8, 4) is 0 Å². The number of anilines is 1. The average molecular weight is 425 g/mol. The summed E-state index contributed by atoms with van der Waals surface area (Å²) in [5, 5.41) is 0.970. The van der Waals surface area contributed by atoms with E-state index in [1.807, 2.05) is 49.3 Å². The monoisotopic (exact) mass is 425 g/mol. The molecule has 0 saturated carbocycles. The minimum absolute atomic E-state index is 0.970. The molecule has 0 aromatic heterocycles. The van der Waals surface area contributed by atoms with E-state index in [2.05, 4.69) is 59.8 Å². The summed E-state index contributed by atoms with van der Waals surface area (Å²) in [4.78, 5) is 10.1. The number of aliphatic imine (C=N–C) groups is 1. The molecule has 0 heterocycles. The second-order valence-electron chi connectivity index (χ2n) is 5.27. The molecule has 0 radical (unpaired) electrons. The molecule has 22 heavy (non-hydrogen) atoms. The van der Waals surface area contributed by atoms with E-state index < -0.39 is 0 Å². The Bertz CT molecular complexity index is 654. The molecule has 5 heteroatoms. The summed E-state index contributed by atoms with van der Waals surface area (Å²) in [5.41, 5.74) is 2.17. The standard InChI is InChI=1S/C17H20IN3S/c1-20(2)15-10-13(18)11-16(12-15)22-17(21(3)4)19-14-8-6-5-7-9-14/h5-12H,1-4H3/b19-17+. The van der Waals surface area contributed by atoms with Gasteiger partial charge < -0.3 is 9.80 Å². The van der Waals surface area contributed by atoms with Crippen molar-refractivity contribution < 1.29 is 0 Å². The second kappa shape index (κ2) is 7.87. The number of hydrogen-bond donors (Lipinski definition) is 0. The van der Waals surface area contributed by atoms with Crippen LogP contribution in [0.1, 0.15) is 0 Å². The Morgan fingerprint density at radius 1 is 1.00 bits per heavy atom. The summed E-state index contributed by atoms with van der Waals surface area (Å²) in [6, 6.07) is 16.6. The molecule has 0 aliphatic carbocycles. The van der Waals surface area contributed by atoms with Gasteiger partial charge in [-0.05, 0) is 52.9 Å². The SMILES string of the molecule is CN(C)/C(=N\c1ccccc1)Sc1cc(I)cc(N(C)C)c1. The first-order valence-corrected chi connectivity index (χ1v) is 8.82. The molecule has 0 unspecified atom stereocenters. The van der Waals surface area contributed by atoms with E-state index in [1.54, 1.807) is 11.8 Å². The molecule has 0 spiro atoms. The van der Waals surface area contributed by atoms with Crippen molar-refractivity contribution in [3.05, 3.63) is 52.1 Å². The molecule has 0 aliphatic heterocycles. The lowest BCUT2D eigenvalue weighted by Gasteiger charge is -2.18. The van der Waals surface area contributed by atoms with Crippen LogP contribution >= 0.6 is 34.4 Å². The Kier molecular flexibility index (Phi) is 6.14. The molecule has 0 saturated heterocycles. The molecule has 0 N–H and O–H groups in total. The maximum Gasteiger partial charge on any atom is 0.168 e. The second-order valence-corrected chi connectivity index (χ2v) is 7.55. The Labute approximate surface area is 150 Å². The van der Waals surface area contributed by atoms with Crippen molar-refractivity contribution in [2.45, 2.75) is 4.90 Å². The smallest absolute Gasteiger partial charge is 0.168 e. The molecule has 0 fully saturated rings. The molecule has 0 bridgehead atoms. The Balaban J connectivity index is 2.31. The number of para-hydroxylation sites is 1. The van der Waals surface area contributed by atoms with Crippen LogP contribution in [0, 0.1) is 3.57 Å². The fourth-order valence-electron chi connectivity index (χ4n) is 1.80. The van der Waals surface area contributed by atoms with Crippen LogP contribution in [0.25, 0.3) is 0 Å². The van der Waals surface area contributed by atoms with Gasteiger partial charge in [-0.25, -0.2) is 4.99 Å². The van der Waals surface area contributed by atoms with Gasteiger partial charge in [-0.2, -0.15) is 0 Å². The molecule has 0 aliphatic rings. The third kappa shape index (κ3) is 4.91. The predicted octanol–water partition coefficient (Wildman–Crippen LogP) is 4.70. The first kappa shape index (κ1) is 17.1. The van der Waals surface area contributed by atoms with E-state index in [1.165, 1.54) is 14.2 Å². The number of nitrogens with zero attached hydrogens (tertiary/aromatic N) is 3. The number of amidine groups is 1. The molecule has 116 valence electrons.